The van der Waals surface area contributed by atoms with E-state index in [-0.39, 0.29) is 17.7 Å². The van der Waals surface area contributed by atoms with Gasteiger partial charge in [-0.25, -0.2) is 0 Å². The van der Waals surface area contributed by atoms with Gasteiger partial charge in [-0.1, -0.05) is 12.1 Å². The van der Waals surface area contributed by atoms with Gasteiger partial charge >= 0.3 is 0 Å². The van der Waals surface area contributed by atoms with Gasteiger partial charge in [-0.15, -0.1) is 0 Å². The third kappa shape index (κ3) is 3.47. The molecule has 3 aromatic rings. The van der Waals surface area contributed by atoms with Crippen LogP contribution in [0.25, 0.3) is 10.9 Å². The van der Waals surface area contributed by atoms with E-state index in [1.807, 2.05) is 40.0 Å². The van der Waals surface area contributed by atoms with Crippen molar-refractivity contribution in [3.8, 4) is 0 Å². The van der Waals surface area contributed by atoms with Crippen molar-refractivity contribution in [3.63, 3.8) is 0 Å². The van der Waals surface area contributed by atoms with Crippen molar-refractivity contribution in [1.82, 2.24) is 25.0 Å². The summed E-state index contributed by atoms with van der Waals surface area (Å²) in [4.78, 5) is 30.7. The van der Waals surface area contributed by atoms with Crippen LogP contribution in [0.3, 0.4) is 0 Å². The molecule has 0 saturated carbocycles. The maximum atomic E-state index is 12.9. The second-order valence-electron chi connectivity index (χ2n) is 7.95. The molecule has 1 unspecified atom stereocenters. The number of fused-ring (bicyclic) bond motifs is 2. The molecule has 1 aromatic carbocycles. The summed E-state index contributed by atoms with van der Waals surface area (Å²) in [6.07, 6.45) is 5.20. The molecular weight excluding hydrogens is 382 g/mol. The van der Waals surface area contributed by atoms with Crippen LogP contribution in [0.15, 0.2) is 36.7 Å². The average molecular weight is 407 g/mol. The largest absolute Gasteiger partial charge is 0.378 e. The van der Waals surface area contributed by atoms with Gasteiger partial charge in [0.05, 0.1) is 41.7 Å². The van der Waals surface area contributed by atoms with Crippen LogP contribution in [0.4, 0.5) is 0 Å². The number of aromatic nitrogens is 3. The molecule has 1 fully saturated rings. The number of nitrogens with one attached hydrogen (secondary N) is 2. The predicted octanol–water partition coefficient (Wildman–Crippen LogP) is 1.83. The Hall–Kier alpha value is -3.13. The maximum Gasteiger partial charge on any atom is 0.257 e. The quantitative estimate of drug-likeness (QED) is 0.690. The van der Waals surface area contributed by atoms with Crippen molar-refractivity contribution in [2.45, 2.75) is 19.4 Å². The normalized spacial score (nSPS) is 18.9. The monoisotopic (exact) mass is 407 g/mol. The fourth-order valence-electron chi connectivity index (χ4n) is 4.40. The molecule has 8 nitrogen and oxygen atoms in total. The summed E-state index contributed by atoms with van der Waals surface area (Å²) in [7, 11) is 0. The van der Waals surface area contributed by atoms with Crippen molar-refractivity contribution in [3.05, 3.63) is 53.5 Å². The first kappa shape index (κ1) is 18.9. The van der Waals surface area contributed by atoms with Gasteiger partial charge in [0.15, 0.2) is 0 Å². The number of morpholine rings is 1. The van der Waals surface area contributed by atoms with Crippen LogP contribution in [0.5, 0.6) is 0 Å². The molecule has 8 heteroatoms. The third-order valence-electron chi connectivity index (χ3n) is 6.09. The number of hydrogen-bond donors (Lipinski definition) is 2. The number of para-hydroxylation sites is 1. The highest BCUT2D eigenvalue weighted by Gasteiger charge is 2.28. The number of rotatable bonds is 4. The number of carbonyl (C=O) groups excluding carboxylic acids is 2. The molecule has 0 radical (unpaired) electrons. The molecule has 0 spiro atoms. The Morgan fingerprint density at radius 3 is 2.90 bits per heavy atom. The molecular formula is C22H25N5O3. The third-order valence-corrected chi connectivity index (χ3v) is 6.09. The van der Waals surface area contributed by atoms with Gasteiger partial charge in [0.2, 0.25) is 0 Å². The number of amides is 2. The molecule has 156 valence electrons. The van der Waals surface area contributed by atoms with E-state index in [0.29, 0.717) is 44.0 Å². The zero-order valence-corrected chi connectivity index (χ0v) is 16.8. The molecule has 1 saturated heterocycles. The molecule has 4 heterocycles. The Morgan fingerprint density at radius 1 is 1.17 bits per heavy atom. The summed E-state index contributed by atoms with van der Waals surface area (Å²) in [6, 6.07) is 7.68. The Balaban J connectivity index is 1.26. The number of hydrogen-bond acceptors (Lipinski definition) is 4. The minimum atomic E-state index is -0.0771. The van der Waals surface area contributed by atoms with Gasteiger partial charge in [0, 0.05) is 37.8 Å². The molecule has 2 aliphatic heterocycles. The second-order valence-corrected chi connectivity index (χ2v) is 7.95. The zero-order chi connectivity index (χ0) is 20.5. The number of aryl methyl sites for hydroxylation is 1. The Bertz CT molecular complexity index is 1080. The van der Waals surface area contributed by atoms with Crippen molar-refractivity contribution in [2.24, 2.45) is 5.92 Å². The van der Waals surface area contributed by atoms with Crippen molar-refractivity contribution in [1.29, 1.82) is 0 Å². The summed E-state index contributed by atoms with van der Waals surface area (Å²) in [6.45, 7) is 3.74. The van der Waals surface area contributed by atoms with E-state index in [9.17, 15) is 9.59 Å². The standard InChI is InChI=1S/C22H25N5O3/c28-21(17-3-1-2-16-4-6-23-20(16)17)24-13-15-5-7-27-19(12-15)18(14-25-27)22(29)26-8-10-30-11-9-26/h1-4,6,14-15,23H,5,7-13H2,(H,24,28). The minimum absolute atomic E-state index is 0.0302. The smallest absolute Gasteiger partial charge is 0.257 e. The second kappa shape index (κ2) is 7.95. The number of ether oxygens (including phenoxy) is 1. The molecule has 0 bridgehead atoms. The average Bonchev–Trinajstić information content (AvgIpc) is 3.44. The van der Waals surface area contributed by atoms with Gasteiger partial charge < -0.3 is 19.9 Å². The van der Waals surface area contributed by atoms with Crippen molar-refractivity contribution in [2.75, 3.05) is 32.8 Å². The highest BCUT2D eigenvalue weighted by molar-refractivity contribution is 6.05. The fraction of sp³-hybridized carbons (Fsp3) is 0.409. The van der Waals surface area contributed by atoms with Gasteiger partial charge in [-0.2, -0.15) is 5.10 Å². The van der Waals surface area contributed by atoms with Gasteiger partial charge in [-0.05, 0) is 30.9 Å². The maximum absolute atomic E-state index is 12.9. The molecule has 30 heavy (non-hydrogen) atoms. The lowest BCUT2D eigenvalue weighted by Crippen LogP contribution is -2.41. The highest BCUT2D eigenvalue weighted by atomic mass is 16.5. The van der Waals surface area contributed by atoms with Crippen molar-refractivity contribution >= 4 is 22.7 Å². The first-order chi connectivity index (χ1) is 14.7. The highest BCUT2D eigenvalue weighted by Crippen LogP contribution is 2.24. The number of carbonyl (C=O) groups is 2. The van der Waals surface area contributed by atoms with Crippen molar-refractivity contribution < 1.29 is 14.3 Å². The van der Waals surface area contributed by atoms with E-state index >= 15 is 0 Å². The number of nitrogens with zero attached hydrogens (tertiary/aromatic N) is 3. The van der Waals surface area contributed by atoms with E-state index in [1.165, 1.54) is 0 Å². The minimum Gasteiger partial charge on any atom is -0.378 e. The molecule has 2 N–H and O–H groups in total. The SMILES string of the molecule is O=C(NCC1CCn2ncc(C(=O)N3CCOCC3)c2C1)c1cccc2cc[nH]c12. The molecule has 0 aliphatic carbocycles. The van der Waals surface area contributed by atoms with Crippen LogP contribution >= 0.6 is 0 Å². The van der Waals surface area contributed by atoms with Crippen LogP contribution in [0, 0.1) is 5.92 Å². The van der Waals surface area contributed by atoms with E-state index < -0.39 is 0 Å². The topological polar surface area (TPSA) is 92.2 Å². The summed E-state index contributed by atoms with van der Waals surface area (Å²) >= 11 is 0. The molecule has 2 aliphatic rings. The van der Waals surface area contributed by atoms with Gasteiger partial charge in [-0.3, -0.25) is 14.3 Å². The van der Waals surface area contributed by atoms with E-state index in [0.717, 1.165) is 36.0 Å². The van der Waals surface area contributed by atoms with Crippen LogP contribution < -0.4 is 5.32 Å². The van der Waals surface area contributed by atoms with Crippen LogP contribution in [0.1, 0.15) is 32.8 Å². The summed E-state index contributed by atoms with van der Waals surface area (Å²) in [5.41, 5.74) is 3.17. The summed E-state index contributed by atoms with van der Waals surface area (Å²) in [5, 5.41) is 8.53. The van der Waals surface area contributed by atoms with Gasteiger partial charge in [0.25, 0.3) is 11.8 Å². The molecule has 1 atom stereocenters. The Morgan fingerprint density at radius 2 is 2.03 bits per heavy atom. The van der Waals surface area contributed by atoms with E-state index in [4.69, 9.17) is 4.74 Å². The first-order valence-corrected chi connectivity index (χ1v) is 10.5. The van der Waals surface area contributed by atoms with Crippen LogP contribution in [0.2, 0.25) is 0 Å². The Labute approximate surface area is 174 Å². The summed E-state index contributed by atoms with van der Waals surface area (Å²) in [5.74, 6) is 0.228. The predicted molar refractivity (Wildman–Crippen MR) is 111 cm³/mol. The van der Waals surface area contributed by atoms with E-state index in [1.54, 1.807) is 6.20 Å². The molecule has 5 rings (SSSR count). The zero-order valence-electron chi connectivity index (χ0n) is 16.8. The lowest BCUT2D eigenvalue weighted by Gasteiger charge is -2.28. The lowest BCUT2D eigenvalue weighted by atomic mass is 9.94. The Kier molecular flexibility index (Phi) is 5.00. The summed E-state index contributed by atoms with van der Waals surface area (Å²) < 4.78 is 7.29. The van der Waals surface area contributed by atoms with Crippen LogP contribution in [-0.4, -0.2) is 64.3 Å². The molecule has 2 aromatic heterocycles. The number of benzene rings is 1. The molecule has 2 amide bonds. The van der Waals surface area contributed by atoms with E-state index in [2.05, 4.69) is 15.4 Å². The number of H-pyrrole nitrogens is 1. The lowest BCUT2D eigenvalue weighted by molar-refractivity contribution is 0.0301. The van der Waals surface area contributed by atoms with Crippen LogP contribution in [-0.2, 0) is 17.7 Å². The first-order valence-electron chi connectivity index (χ1n) is 10.5. The van der Waals surface area contributed by atoms with Gasteiger partial charge in [0.1, 0.15) is 0 Å². The fourth-order valence-corrected chi connectivity index (χ4v) is 4.40. The number of aromatic amines is 1.